The standard InChI is InChI=1S/C21H23N3O2.C18H12ClFN2O2/c1-13-7-5-6-8-16(13)19-12-22-20(25)18-11-15(9-10-17(18)19)23-14(2)21(26)24(3)4;1-10(8-21)24-12-3-5-13-15(7-12)18(23)22-9-16(13)14-4-2-11(20)6-17(14)19/h5-12,14,23H,1-4H3,(H,22,25);2-7,9-10H,1H3,(H,22,23). The Bertz CT molecular complexity index is 2380. The molecule has 6 rings (SSSR count). The zero-order valence-corrected chi connectivity index (χ0v) is 28.9. The molecule has 3 N–H and O–H groups in total. The maximum absolute atomic E-state index is 13.3. The van der Waals surface area contributed by atoms with Gasteiger partial charge in [0.2, 0.25) is 5.91 Å². The number of aromatic nitrogens is 2. The number of carbonyl (C=O) groups is 1. The Morgan fingerprint density at radius 2 is 1.46 bits per heavy atom. The van der Waals surface area contributed by atoms with Gasteiger partial charge in [-0.2, -0.15) is 5.26 Å². The van der Waals surface area contributed by atoms with E-state index in [1.807, 2.05) is 36.4 Å². The van der Waals surface area contributed by atoms with Gasteiger partial charge in [0.1, 0.15) is 23.7 Å². The minimum atomic E-state index is -0.628. The zero-order valence-electron chi connectivity index (χ0n) is 28.1. The van der Waals surface area contributed by atoms with E-state index in [4.69, 9.17) is 21.6 Å². The SMILES string of the molecule is CC(C#N)Oc1ccc2c(-c3ccc(F)cc3Cl)c[nH]c(=O)c2c1.Cc1ccccc1-c1c[nH]c(=O)c2cc(NC(C)C(=O)N(C)C)ccc12. The molecule has 0 aliphatic heterocycles. The van der Waals surface area contributed by atoms with Crippen LogP contribution in [0.1, 0.15) is 19.4 Å². The number of ether oxygens (including phenoxy) is 1. The normalized spacial score (nSPS) is 12.0. The third-order valence-corrected chi connectivity index (χ3v) is 8.43. The van der Waals surface area contributed by atoms with Crippen molar-refractivity contribution in [1.82, 2.24) is 14.9 Å². The van der Waals surface area contributed by atoms with E-state index >= 15 is 0 Å². The highest BCUT2D eigenvalue weighted by Crippen LogP contribution is 2.34. The lowest BCUT2D eigenvalue weighted by Crippen LogP contribution is -2.36. The molecule has 2 aromatic heterocycles. The smallest absolute Gasteiger partial charge is 0.255 e. The van der Waals surface area contributed by atoms with Crippen LogP contribution in [-0.2, 0) is 4.79 Å². The minimum Gasteiger partial charge on any atom is -0.476 e. The van der Waals surface area contributed by atoms with Crippen molar-refractivity contribution in [1.29, 1.82) is 5.26 Å². The highest BCUT2D eigenvalue weighted by molar-refractivity contribution is 6.33. The number of aryl methyl sites for hydroxylation is 1. The number of hydrogen-bond donors (Lipinski definition) is 3. The molecule has 2 unspecified atom stereocenters. The highest BCUT2D eigenvalue weighted by atomic mass is 35.5. The molecule has 4 aromatic carbocycles. The molecule has 0 aliphatic carbocycles. The van der Waals surface area contributed by atoms with E-state index in [0.717, 1.165) is 27.8 Å². The number of pyridine rings is 2. The van der Waals surface area contributed by atoms with Gasteiger partial charge in [-0.15, -0.1) is 0 Å². The van der Waals surface area contributed by atoms with Crippen LogP contribution in [-0.4, -0.2) is 47.0 Å². The molecule has 0 spiro atoms. The fraction of sp³-hybridized carbons (Fsp3) is 0.179. The van der Waals surface area contributed by atoms with Crippen molar-refractivity contribution in [2.24, 2.45) is 0 Å². The first-order valence-corrected chi connectivity index (χ1v) is 16.1. The molecule has 6 aromatic rings. The van der Waals surface area contributed by atoms with Crippen molar-refractivity contribution in [3.63, 3.8) is 0 Å². The zero-order chi connectivity index (χ0) is 36.1. The topological polar surface area (TPSA) is 131 Å². The number of fused-ring (bicyclic) bond motifs is 2. The number of benzene rings is 4. The fourth-order valence-corrected chi connectivity index (χ4v) is 5.89. The number of nitriles is 1. The van der Waals surface area contributed by atoms with Crippen LogP contribution in [0.15, 0.2) is 101 Å². The summed E-state index contributed by atoms with van der Waals surface area (Å²) in [5, 5.41) is 14.8. The number of anilines is 1. The second kappa shape index (κ2) is 15.1. The van der Waals surface area contributed by atoms with Crippen molar-refractivity contribution >= 4 is 44.7 Å². The molecule has 0 saturated carbocycles. The third kappa shape index (κ3) is 7.69. The largest absolute Gasteiger partial charge is 0.476 e. The van der Waals surface area contributed by atoms with Gasteiger partial charge in [-0.3, -0.25) is 14.4 Å². The van der Waals surface area contributed by atoms with Crippen molar-refractivity contribution in [2.75, 3.05) is 19.4 Å². The first-order chi connectivity index (χ1) is 23.9. The molecule has 2 heterocycles. The Labute approximate surface area is 292 Å². The van der Waals surface area contributed by atoms with E-state index in [1.165, 1.54) is 12.1 Å². The molecule has 9 nitrogen and oxygen atoms in total. The first-order valence-electron chi connectivity index (χ1n) is 15.7. The number of hydrogen-bond acceptors (Lipinski definition) is 6. The molecule has 2 atom stereocenters. The van der Waals surface area contributed by atoms with Crippen LogP contribution in [0.3, 0.4) is 0 Å². The van der Waals surface area contributed by atoms with Gasteiger partial charge >= 0.3 is 0 Å². The maximum Gasteiger partial charge on any atom is 0.255 e. The lowest BCUT2D eigenvalue weighted by Gasteiger charge is -2.19. The Morgan fingerprint density at radius 1 is 0.840 bits per heavy atom. The molecule has 0 radical (unpaired) electrons. The minimum absolute atomic E-state index is 0.0207. The van der Waals surface area contributed by atoms with Gasteiger partial charge in [0.15, 0.2) is 6.10 Å². The van der Waals surface area contributed by atoms with Gasteiger partial charge < -0.3 is 24.9 Å². The number of H-pyrrole nitrogens is 2. The van der Waals surface area contributed by atoms with E-state index in [0.29, 0.717) is 33.0 Å². The average Bonchev–Trinajstić information content (AvgIpc) is 3.09. The van der Waals surface area contributed by atoms with E-state index in [2.05, 4.69) is 28.3 Å². The van der Waals surface area contributed by atoms with Crippen LogP contribution in [0, 0.1) is 24.1 Å². The Morgan fingerprint density at radius 3 is 2.08 bits per heavy atom. The Hall–Kier alpha value is -5.92. The number of nitrogens with one attached hydrogen (secondary N) is 3. The van der Waals surface area contributed by atoms with E-state index < -0.39 is 11.9 Å². The molecule has 0 fully saturated rings. The van der Waals surface area contributed by atoms with Crippen molar-refractivity contribution < 1.29 is 13.9 Å². The van der Waals surface area contributed by atoms with Gasteiger partial charge in [0.25, 0.3) is 11.1 Å². The Balaban J connectivity index is 0.000000195. The fourth-order valence-electron chi connectivity index (χ4n) is 5.62. The molecule has 1 amide bonds. The highest BCUT2D eigenvalue weighted by Gasteiger charge is 2.16. The second-order valence-electron chi connectivity index (χ2n) is 12.0. The molecule has 254 valence electrons. The number of amides is 1. The van der Waals surface area contributed by atoms with Crippen molar-refractivity contribution in [3.8, 4) is 34.1 Å². The average molecular weight is 692 g/mol. The lowest BCUT2D eigenvalue weighted by atomic mass is 9.97. The lowest BCUT2D eigenvalue weighted by molar-refractivity contribution is -0.129. The molecular weight excluding hydrogens is 657 g/mol. The maximum atomic E-state index is 13.3. The van der Waals surface area contributed by atoms with Gasteiger partial charge in [0.05, 0.1) is 10.4 Å². The van der Waals surface area contributed by atoms with Crippen molar-refractivity contribution in [2.45, 2.75) is 32.9 Å². The predicted molar refractivity (Wildman–Crippen MR) is 197 cm³/mol. The number of halogens is 2. The summed E-state index contributed by atoms with van der Waals surface area (Å²) in [5.74, 6) is -0.0317. The van der Waals surface area contributed by atoms with Crippen LogP contribution in [0.2, 0.25) is 5.02 Å². The summed E-state index contributed by atoms with van der Waals surface area (Å²) in [4.78, 5) is 43.6. The Kier molecular flexibility index (Phi) is 10.7. The second-order valence-corrected chi connectivity index (χ2v) is 12.4. The summed E-state index contributed by atoms with van der Waals surface area (Å²) in [6, 6.07) is 24.4. The van der Waals surface area contributed by atoms with E-state index in [-0.39, 0.29) is 28.1 Å². The molecule has 11 heteroatoms. The van der Waals surface area contributed by atoms with Crippen LogP contribution in [0.4, 0.5) is 10.1 Å². The molecule has 50 heavy (non-hydrogen) atoms. The van der Waals surface area contributed by atoms with Gasteiger partial charge in [-0.05, 0) is 91.2 Å². The van der Waals surface area contributed by atoms with Crippen LogP contribution >= 0.6 is 11.6 Å². The summed E-state index contributed by atoms with van der Waals surface area (Å²) in [6.07, 6.45) is 2.68. The molecular formula is C39H35ClFN5O4. The summed E-state index contributed by atoms with van der Waals surface area (Å²) >= 11 is 6.13. The number of nitrogens with zero attached hydrogens (tertiary/aromatic N) is 2. The van der Waals surface area contributed by atoms with Crippen LogP contribution in [0.25, 0.3) is 43.8 Å². The van der Waals surface area contributed by atoms with Gasteiger partial charge in [-0.1, -0.05) is 41.9 Å². The van der Waals surface area contributed by atoms with Crippen LogP contribution < -0.4 is 21.2 Å². The monoisotopic (exact) mass is 691 g/mol. The van der Waals surface area contributed by atoms with E-state index in [1.54, 1.807) is 75.6 Å². The number of likely N-dealkylation sites (N-methyl/N-ethyl adjacent to an activating group) is 1. The quantitative estimate of drug-likeness (QED) is 0.158. The predicted octanol–water partition coefficient (Wildman–Crippen LogP) is 7.67. The summed E-state index contributed by atoms with van der Waals surface area (Å²) in [5.41, 5.74) is 4.82. The summed E-state index contributed by atoms with van der Waals surface area (Å²) in [7, 11) is 3.44. The number of rotatable bonds is 7. The molecule has 0 aliphatic rings. The first kappa shape index (κ1) is 35.4. The molecule has 0 saturated heterocycles. The summed E-state index contributed by atoms with van der Waals surface area (Å²) < 4.78 is 18.7. The third-order valence-electron chi connectivity index (χ3n) is 8.12. The van der Waals surface area contributed by atoms with Crippen LogP contribution in [0.5, 0.6) is 5.75 Å². The number of aromatic amines is 2. The molecule has 0 bridgehead atoms. The summed E-state index contributed by atoms with van der Waals surface area (Å²) in [6.45, 7) is 5.47. The van der Waals surface area contributed by atoms with Gasteiger partial charge in [-0.25, -0.2) is 4.39 Å². The number of carbonyl (C=O) groups excluding carboxylic acids is 1. The van der Waals surface area contributed by atoms with E-state index in [9.17, 15) is 18.8 Å². The van der Waals surface area contributed by atoms with Crippen molar-refractivity contribution in [3.05, 3.63) is 128 Å². The van der Waals surface area contributed by atoms with Gasteiger partial charge in [0, 0.05) is 54.3 Å².